The fourth-order valence-electron chi connectivity index (χ4n) is 1.000. The molecule has 0 fully saturated rings. The third-order valence-corrected chi connectivity index (χ3v) is 2.44. The van der Waals surface area contributed by atoms with Gasteiger partial charge in [0.25, 0.3) is 0 Å². The summed E-state index contributed by atoms with van der Waals surface area (Å²) in [5.74, 6) is -2.63. The Balaban J connectivity index is -0.000000343. The fourth-order valence-corrected chi connectivity index (χ4v) is 1.25. The summed E-state index contributed by atoms with van der Waals surface area (Å²) in [5.41, 5.74) is 5.13. The Labute approximate surface area is 139 Å². The van der Waals surface area contributed by atoms with Crippen LogP contribution in [0.2, 0.25) is 0 Å². The molecule has 0 aliphatic carbocycles. The van der Waals surface area contributed by atoms with E-state index < -0.39 is 29.9 Å². The molecular formula is C12H25N3O7S. The van der Waals surface area contributed by atoms with Gasteiger partial charge in [0.05, 0.1) is 6.54 Å². The third-order valence-electron chi connectivity index (χ3n) is 2.08. The summed E-state index contributed by atoms with van der Waals surface area (Å²) in [6, 6.07) is -1.69. The normalized spacial score (nSPS) is 11.3. The molecule has 0 saturated carbocycles. The van der Waals surface area contributed by atoms with Gasteiger partial charge in [-0.05, 0) is 6.42 Å². The van der Waals surface area contributed by atoms with E-state index in [1.807, 2.05) is 6.92 Å². The number of carbonyl (C=O) groups excluding carboxylic acids is 2. The Bertz CT molecular complexity index is 356. The number of rotatable bonds is 9. The fraction of sp³-hybridized carbons (Fsp3) is 0.667. The molecule has 7 N–H and O–H groups in total. The minimum Gasteiger partial charge on any atom is -0.480 e. The molecule has 2 atom stereocenters. The summed E-state index contributed by atoms with van der Waals surface area (Å²) in [6.45, 7) is 1.67. The highest BCUT2D eigenvalue weighted by Gasteiger charge is 2.17. The monoisotopic (exact) mass is 355 g/mol. The van der Waals surface area contributed by atoms with E-state index >= 15 is 0 Å². The van der Waals surface area contributed by atoms with Crippen LogP contribution in [0.5, 0.6) is 0 Å². The Hall–Kier alpha value is -1.85. The van der Waals surface area contributed by atoms with Crippen molar-refractivity contribution in [2.45, 2.75) is 31.8 Å². The first kappa shape index (κ1) is 26.1. The van der Waals surface area contributed by atoms with Crippen molar-refractivity contribution in [3.8, 4) is 0 Å². The SMILES string of the molecule is CCCC(N)C(=O)O.CO.O=CNCC(=O)NC(CS)C(=O)O. The van der Waals surface area contributed by atoms with Gasteiger partial charge < -0.3 is 31.7 Å². The zero-order valence-electron chi connectivity index (χ0n) is 13.1. The van der Waals surface area contributed by atoms with E-state index in [2.05, 4.69) is 23.3 Å². The molecule has 0 aromatic carbocycles. The van der Waals surface area contributed by atoms with Crippen LogP contribution in [-0.4, -0.2) is 71.1 Å². The lowest BCUT2D eigenvalue weighted by Gasteiger charge is -2.10. The highest BCUT2D eigenvalue weighted by atomic mass is 32.1. The van der Waals surface area contributed by atoms with Gasteiger partial charge in [-0.25, -0.2) is 4.79 Å². The summed E-state index contributed by atoms with van der Waals surface area (Å²) < 4.78 is 0. The Kier molecular flexibility index (Phi) is 20.6. The first-order chi connectivity index (χ1) is 10.8. The average molecular weight is 355 g/mol. The summed E-state index contributed by atoms with van der Waals surface area (Å²) in [7, 11) is 1.00. The molecule has 136 valence electrons. The third kappa shape index (κ3) is 18.1. The zero-order valence-corrected chi connectivity index (χ0v) is 14.0. The van der Waals surface area contributed by atoms with Crippen LogP contribution in [0.1, 0.15) is 19.8 Å². The van der Waals surface area contributed by atoms with E-state index in [9.17, 15) is 19.2 Å². The van der Waals surface area contributed by atoms with Crippen molar-refractivity contribution in [3.63, 3.8) is 0 Å². The van der Waals surface area contributed by atoms with Crippen molar-refractivity contribution in [1.29, 1.82) is 0 Å². The average Bonchev–Trinajstić information content (AvgIpc) is 2.53. The van der Waals surface area contributed by atoms with E-state index in [1.54, 1.807) is 0 Å². The largest absolute Gasteiger partial charge is 0.480 e. The summed E-state index contributed by atoms with van der Waals surface area (Å²) in [6.07, 6.45) is 1.75. The molecule has 2 unspecified atom stereocenters. The Morgan fingerprint density at radius 1 is 1.22 bits per heavy atom. The Morgan fingerprint density at radius 3 is 2.00 bits per heavy atom. The molecule has 0 aliphatic rings. The molecule has 0 aromatic heterocycles. The Morgan fingerprint density at radius 2 is 1.74 bits per heavy atom. The van der Waals surface area contributed by atoms with E-state index in [0.29, 0.717) is 12.8 Å². The number of aliphatic hydroxyl groups is 1. The molecule has 0 heterocycles. The minimum atomic E-state index is -1.16. The van der Waals surface area contributed by atoms with Crippen LogP contribution in [0.4, 0.5) is 0 Å². The molecule has 0 aromatic rings. The second kappa shape index (κ2) is 18.2. The van der Waals surface area contributed by atoms with Crippen molar-refractivity contribution in [1.82, 2.24) is 10.6 Å². The lowest BCUT2D eigenvalue weighted by atomic mass is 10.2. The lowest BCUT2D eigenvalue weighted by Crippen LogP contribution is -2.45. The molecule has 0 bridgehead atoms. The van der Waals surface area contributed by atoms with Gasteiger partial charge >= 0.3 is 11.9 Å². The van der Waals surface area contributed by atoms with E-state index in [4.69, 9.17) is 21.1 Å². The van der Waals surface area contributed by atoms with Crippen LogP contribution >= 0.6 is 12.6 Å². The first-order valence-electron chi connectivity index (χ1n) is 6.53. The van der Waals surface area contributed by atoms with Gasteiger partial charge in [-0.1, -0.05) is 13.3 Å². The number of carbonyl (C=O) groups is 4. The predicted molar refractivity (Wildman–Crippen MR) is 86.1 cm³/mol. The number of amides is 2. The number of carboxylic acid groups (broad SMARTS) is 2. The number of carboxylic acids is 2. The van der Waals surface area contributed by atoms with Gasteiger partial charge in [-0.3, -0.25) is 14.4 Å². The van der Waals surface area contributed by atoms with E-state index in [-0.39, 0.29) is 12.3 Å². The maximum absolute atomic E-state index is 10.8. The van der Waals surface area contributed by atoms with Gasteiger partial charge in [0.2, 0.25) is 12.3 Å². The number of thiol groups is 1. The standard InChI is InChI=1S/C6H10N2O4S.C5H11NO2.CH4O/c9-3-7-1-5(10)8-4(2-13)6(11)12;1-2-3-4(6)5(7)8;1-2/h3-4,13H,1-2H2,(H,7,9)(H,8,10)(H,11,12);4H,2-3,6H2,1H3,(H,7,8);2H,1H3. The molecule has 0 saturated heterocycles. The van der Waals surface area contributed by atoms with Gasteiger partial charge in [0, 0.05) is 12.9 Å². The topological polar surface area (TPSA) is 179 Å². The summed E-state index contributed by atoms with van der Waals surface area (Å²) in [5, 5.41) is 28.0. The number of aliphatic carboxylic acids is 2. The van der Waals surface area contributed by atoms with Crippen LogP contribution in [0.3, 0.4) is 0 Å². The maximum atomic E-state index is 10.8. The molecule has 0 rings (SSSR count). The van der Waals surface area contributed by atoms with Crippen molar-refractivity contribution in [2.24, 2.45) is 5.73 Å². The van der Waals surface area contributed by atoms with Crippen molar-refractivity contribution in [3.05, 3.63) is 0 Å². The molecule has 23 heavy (non-hydrogen) atoms. The van der Waals surface area contributed by atoms with Crippen LogP contribution in [-0.2, 0) is 19.2 Å². The number of nitrogens with one attached hydrogen (secondary N) is 2. The number of aliphatic hydroxyl groups excluding tert-OH is 1. The quantitative estimate of drug-likeness (QED) is 0.184. The van der Waals surface area contributed by atoms with Crippen molar-refractivity contribution < 1.29 is 34.5 Å². The molecule has 0 aliphatic heterocycles. The minimum absolute atomic E-state index is 0.00215. The number of hydrogen-bond donors (Lipinski definition) is 7. The van der Waals surface area contributed by atoms with Crippen molar-refractivity contribution in [2.75, 3.05) is 19.4 Å². The highest BCUT2D eigenvalue weighted by molar-refractivity contribution is 7.80. The summed E-state index contributed by atoms with van der Waals surface area (Å²) in [4.78, 5) is 41.0. The molecule has 0 radical (unpaired) electrons. The van der Waals surface area contributed by atoms with Gasteiger partial charge in [0.1, 0.15) is 12.1 Å². The zero-order chi connectivity index (χ0) is 18.8. The van der Waals surface area contributed by atoms with Crippen molar-refractivity contribution >= 4 is 36.9 Å². The van der Waals surface area contributed by atoms with Gasteiger partial charge in [-0.2, -0.15) is 12.6 Å². The molecule has 10 nitrogen and oxygen atoms in total. The van der Waals surface area contributed by atoms with Crippen LogP contribution in [0, 0.1) is 0 Å². The highest BCUT2D eigenvalue weighted by Crippen LogP contribution is 1.91. The van der Waals surface area contributed by atoms with Crippen LogP contribution in [0.25, 0.3) is 0 Å². The lowest BCUT2D eigenvalue weighted by molar-refractivity contribution is -0.141. The second-order valence-electron chi connectivity index (χ2n) is 3.87. The van der Waals surface area contributed by atoms with Gasteiger partial charge in [-0.15, -0.1) is 0 Å². The second-order valence-corrected chi connectivity index (χ2v) is 4.24. The molecule has 2 amide bonds. The molecular weight excluding hydrogens is 330 g/mol. The summed E-state index contributed by atoms with van der Waals surface area (Å²) >= 11 is 3.74. The first-order valence-corrected chi connectivity index (χ1v) is 7.16. The van der Waals surface area contributed by atoms with Crippen LogP contribution in [0.15, 0.2) is 0 Å². The molecule has 11 heteroatoms. The van der Waals surface area contributed by atoms with E-state index in [0.717, 1.165) is 13.5 Å². The van der Waals surface area contributed by atoms with E-state index in [1.165, 1.54) is 0 Å². The predicted octanol–water partition coefficient (Wildman–Crippen LogP) is -1.96. The molecule has 0 spiro atoms. The maximum Gasteiger partial charge on any atom is 0.327 e. The number of nitrogens with two attached hydrogens (primary N) is 1. The smallest absolute Gasteiger partial charge is 0.327 e. The number of hydrogen-bond acceptors (Lipinski definition) is 7. The van der Waals surface area contributed by atoms with Gasteiger partial charge in [0.15, 0.2) is 0 Å². The van der Waals surface area contributed by atoms with Crippen LogP contribution < -0.4 is 16.4 Å².